The van der Waals surface area contributed by atoms with E-state index in [1.54, 1.807) is 31.4 Å². The van der Waals surface area contributed by atoms with Gasteiger partial charge in [-0.3, -0.25) is 28.8 Å². The maximum atomic E-state index is 15.0. The summed E-state index contributed by atoms with van der Waals surface area (Å²) in [5.41, 5.74) is 1.35. The number of hydrogen-bond acceptors (Lipinski definition) is 11. The Morgan fingerprint density at radius 2 is 1.61 bits per heavy atom. The van der Waals surface area contributed by atoms with E-state index < -0.39 is 45.4 Å². The Hall–Kier alpha value is -4.38. The Balaban J connectivity index is 1.56. The molecule has 3 aromatic rings. The van der Waals surface area contributed by atoms with Crippen LogP contribution in [0, 0.1) is 17.3 Å². The van der Waals surface area contributed by atoms with E-state index in [2.05, 4.69) is 53.3 Å². The Bertz CT molecular complexity index is 2200. The van der Waals surface area contributed by atoms with E-state index in [-0.39, 0.29) is 59.6 Å². The van der Waals surface area contributed by atoms with E-state index in [0.29, 0.717) is 36.6 Å². The lowest BCUT2D eigenvalue weighted by Crippen LogP contribution is -2.59. The summed E-state index contributed by atoms with van der Waals surface area (Å²) in [6.07, 6.45) is 7.91. The van der Waals surface area contributed by atoms with Gasteiger partial charge in [-0.15, -0.1) is 11.3 Å². The van der Waals surface area contributed by atoms with Gasteiger partial charge in [0, 0.05) is 54.2 Å². The Kier molecular flexibility index (Phi) is 23.3. The zero-order chi connectivity index (χ0) is 51.6. The van der Waals surface area contributed by atoms with E-state index >= 15 is 4.79 Å². The van der Waals surface area contributed by atoms with Crippen LogP contribution in [0.3, 0.4) is 0 Å². The van der Waals surface area contributed by atoms with Crippen LogP contribution in [-0.2, 0) is 41.3 Å². The highest BCUT2D eigenvalue weighted by Crippen LogP contribution is 2.32. The molecule has 0 spiro atoms. The highest BCUT2D eigenvalue weighted by atomic mass is 32.2. The second kappa shape index (κ2) is 28.0. The number of carbonyl (C=O) groups is 4. The molecule has 70 heavy (non-hydrogen) atoms. The molecule has 0 aliphatic carbocycles. The number of anilines is 1. The minimum atomic E-state index is -4.04. The number of aromatic nitrogens is 1. The molecule has 1 fully saturated rings. The average molecular weight is 1010 g/mol. The number of hydrogen-bond donors (Lipinski definition) is 4. The summed E-state index contributed by atoms with van der Waals surface area (Å²) in [6.45, 7) is 21.6. The third-order valence-electron chi connectivity index (χ3n) is 13.5. The SMILES string of the molecule is CCCCCCN(C(=O)[C@@H](NC(=O)[C@H]1CCCCN1C)[C@@H](C)CC)[C@H](C[C@@H](OCC)c1nc(C(=O)N[C@@H](Cc2ccccc2)CC(C)(C)C(=O)NS(=O)(=O)Cc2ccc(NC(C)C)cc2)cs1)C(C)C. The van der Waals surface area contributed by atoms with Crippen molar-refractivity contribution < 1.29 is 32.3 Å². The van der Waals surface area contributed by atoms with Gasteiger partial charge in [0.15, 0.2) is 0 Å². The Morgan fingerprint density at radius 1 is 0.914 bits per heavy atom. The summed E-state index contributed by atoms with van der Waals surface area (Å²) in [7, 11) is -2.06. The molecule has 0 radical (unpaired) electrons. The zero-order valence-corrected chi connectivity index (χ0v) is 45.6. The van der Waals surface area contributed by atoms with Gasteiger partial charge in [-0.2, -0.15) is 0 Å². The summed E-state index contributed by atoms with van der Waals surface area (Å²) in [4.78, 5) is 65.8. The maximum absolute atomic E-state index is 15.0. The van der Waals surface area contributed by atoms with Crippen LogP contribution in [0.15, 0.2) is 60.0 Å². The second-order valence-electron chi connectivity index (χ2n) is 20.7. The number of nitrogens with zero attached hydrogens (tertiary/aromatic N) is 3. The minimum absolute atomic E-state index is 0.0338. The van der Waals surface area contributed by atoms with E-state index in [9.17, 15) is 22.8 Å². The predicted molar refractivity (Wildman–Crippen MR) is 283 cm³/mol. The number of amides is 4. The lowest BCUT2D eigenvalue weighted by molar-refractivity contribution is -0.143. The molecule has 4 N–H and O–H groups in total. The van der Waals surface area contributed by atoms with E-state index in [0.717, 1.165) is 69.2 Å². The van der Waals surface area contributed by atoms with Gasteiger partial charge in [-0.1, -0.05) is 123 Å². The summed E-state index contributed by atoms with van der Waals surface area (Å²) in [5.74, 6) is -1.68. The van der Waals surface area contributed by atoms with Crippen molar-refractivity contribution in [3.63, 3.8) is 0 Å². The largest absolute Gasteiger partial charge is 0.383 e. The van der Waals surface area contributed by atoms with Crippen LogP contribution in [0.5, 0.6) is 0 Å². The molecule has 390 valence electrons. The summed E-state index contributed by atoms with van der Waals surface area (Å²) >= 11 is 1.33. The van der Waals surface area contributed by atoms with Crippen molar-refractivity contribution in [3.8, 4) is 0 Å². The van der Waals surface area contributed by atoms with Gasteiger partial charge in [0.25, 0.3) is 5.91 Å². The van der Waals surface area contributed by atoms with Crippen LogP contribution in [0.1, 0.15) is 166 Å². The van der Waals surface area contributed by atoms with Gasteiger partial charge in [-0.25, -0.2) is 13.4 Å². The number of benzene rings is 2. The molecule has 0 saturated carbocycles. The van der Waals surface area contributed by atoms with Crippen LogP contribution >= 0.6 is 11.3 Å². The molecule has 1 saturated heterocycles. The highest BCUT2D eigenvalue weighted by molar-refractivity contribution is 7.89. The number of piperidine rings is 1. The molecule has 16 heteroatoms. The van der Waals surface area contributed by atoms with Crippen molar-refractivity contribution in [1.82, 2.24) is 30.1 Å². The first-order chi connectivity index (χ1) is 33.2. The normalized spacial score (nSPS) is 16.8. The number of thiazole rings is 1. The van der Waals surface area contributed by atoms with Crippen LogP contribution < -0.4 is 20.7 Å². The summed E-state index contributed by atoms with van der Waals surface area (Å²) in [5, 5.41) is 12.0. The lowest BCUT2D eigenvalue weighted by atomic mass is 9.83. The number of ether oxygens (including phenoxy) is 1. The Labute approximate surface area is 424 Å². The van der Waals surface area contributed by atoms with Crippen LogP contribution in [0.2, 0.25) is 0 Å². The molecule has 6 atom stereocenters. The molecular formula is C54H85N7O7S2. The first kappa shape index (κ1) is 58.2. The number of rotatable bonds is 29. The summed E-state index contributed by atoms with van der Waals surface area (Å²) < 4.78 is 35.3. The average Bonchev–Trinajstić information content (AvgIpc) is 3.81. The molecule has 1 aliphatic rings. The first-order valence-corrected chi connectivity index (χ1v) is 28.3. The highest BCUT2D eigenvalue weighted by Gasteiger charge is 2.39. The van der Waals surface area contributed by atoms with Crippen LogP contribution in [-0.4, -0.2) is 104 Å². The van der Waals surface area contributed by atoms with Gasteiger partial charge in [0.1, 0.15) is 22.8 Å². The molecule has 0 bridgehead atoms. The molecule has 4 rings (SSSR count). The molecule has 1 aromatic heterocycles. The molecule has 2 aromatic carbocycles. The van der Waals surface area contributed by atoms with Gasteiger partial charge in [-0.05, 0) is 102 Å². The molecule has 1 aliphatic heterocycles. The molecule has 0 unspecified atom stereocenters. The topological polar surface area (TPSA) is 179 Å². The Morgan fingerprint density at radius 3 is 2.23 bits per heavy atom. The number of nitrogens with one attached hydrogen (secondary N) is 4. The predicted octanol–water partition coefficient (Wildman–Crippen LogP) is 9.28. The molecule has 4 amide bonds. The van der Waals surface area contributed by atoms with Crippen LogP contribution in [0.4, 0.5) is 5.69 Å². The molecule has 14 nitrogen and oxygen atoms in total. The van der Waals surface area contributed by atoms with Gasteiger partial charge in [0.2, 0.25) is 27.7 Å². The standard InChI is InChI=1S/C54H85N7O7S2/c1-12-15-16-21-31-61(52(64)48(39(8)13-2)58-50(63)45-25-20-22-30-60(45)11)46(37(4)5)33-47(68-14-3)51-57-44(35-69-51)49(62)56-43(32-40-23-18-17-19-24-40)34-54(9,10)53(65)59-70(66,67)36-41-26-28-42(29-27-41)55-38(6)7/h17-19,23-24,26-29,35,37-39,43,45-48,55H,12-16,20-22,25,30-34,36H2,1-11H3,(H,56,62)(H,58,63)(H,59,65)/t39-,43-,45+,46+,47+,48-/m0/s1. The monoisotopic (exact) mass is 1010 g/mol. The van der Waals surface area contributed by atoms with Crippen molar-refractivity contribution >= 4 is 50.7 Å². The second-order valence-corrected chi connectivity index (χ2v) is 23.3. The number of unbranched alkanes of at least 4 members (excludes halogenated alkanes) is 3. The fraction of sp³-hybridized carbons (Fsp3) is 0.648. The fourth-order valence-corrected chi connectivity index (χ4v) is 11.4. The fourth-order valence-electron chi connectivity index (χ4n) is 9.23. The van der Waals surface area contributed by atoms with Gasteiger partial charge < -0.3 is 25.6 Å². The maximum Gasteiger partial charge on any atom is 0.270 e. The van der Waals surface area contributed by atoms with Gasteiger partial charge in [0.05, 0.1) is 11.8 Å². The molecular weight excluding hydrogens is 923 g/mol. The van der Waals surface area contributed by atoms with Crippen molar-refractivity contribution in [2.45, 2.75) is 182 Å². The van der Waals surface area contributed by atoms with Crippen molar-refractivity contribution in [2.24, 2.45) is 17.3 Å². The quantitative estimate of drug-likeness (QED) is 0.0490. The zero-order valence-electron chi connectivity index (χ0n) is 44.0. The summed E-state index contributed by atoms with van der Waals surface area (Å²) in [6, 6.07) is 15.2. The van der Waals surface area contributed by atoms with Crippen molar-refractivity contribution in [1.29, 1.82) is 0 Å². The molecule has 2 heterocycles. The third-order valence-corrected chi connectivity index (χ3v) is 15.6. The van der Waals surface area contributed by atoms with E-state index in [1.807, 2.05) is 82.1 Å². The smallest absolute Gasteiger partial charge is 0.270 e. The number of likely N-dealkylation sites (tertiary alicyclic amines) is 1. The minimum Gasteiger partial charge on any atom is -0.383 e. The van der Waals surface area contributed by atoms with E-state index in [4.69, 9.17) is 9.72 Å². The third kappa shape index (κ3) is 18.0. The van der Waals surface area contributed by atoms with Crippen molar-refractivity contribution in [2.75, 3.05) is 32.1 Å². The lowest BCUT2D eigenvalue weighted by Gasteiger charge is -2.40. The van der Waals surface area contributed by atoms with Crippen molar-refractivity contribution in [3.05, 3.63) is 81.8 Å². The van der Waals surface area contributed by atoms with E-state index in [1.165, 1.54) is 11.3 Å². The number of carbonyl (C=O) groups excluding carboxylic acids is 4. The van der Waals surface area contributed by atoms with Gasteiger partial charge >= 0.3 is 0 Å². The number of likely N-dealkylation sites (N-methyl/N-ethyl adjacent to an activating group) is 1. The first-order valence-electron chi connectivity index (χ1n) is 25.8. The number of sulfonamides is 1. The van der Waals surface area contributed by atoms with Crippen LogP contribution in [0.25, 0.3) is 0 Å².